The predicted octanol–water partition coefficient (Wildman–Crippen LogP) is 4.22. The second kappa shape index (κ2) is 8.63. The van der Waals surface area contributed by atoms with Crippen molar-refractivity contribution >= 4 is 15.9 Å². The van der Waals surface area contributed by atoms with Gasteiger partial charge in [0.25, 0.3) is 0 Å². The Morgan fingerprint density at radius 1 is 1.15 bits per heavy atom. The van der Waals surface area contributed by atoms with Crippen LogP contribution in [-0.2, 0) is 13.2 Å². The Kier molecular flexibility index (Phi) is 6.01. The number of methoxy groups -OCH3 is 1. The van der Waals surface area contributed by atoms with Crippen LogP contribution < -0.4 is 14.8 Å². The number of piperidine rings is 3. The molecule has 1 atom stereocenters. The van der Waals surface area contributed by atoms with Crippen LogP contribution in [-0.4, -0.2) is 37.7 Å². The van der Waals surface area contributed by atoms with E-state index in [2.05, 4.69) is 44.3 Å². The Balaban J connectivity index is 1.49. The lowest BCUT2D eigenvalue weighted by Gasteiger charge is -2.45. The fourth-order valence-electron chi connectivity index (χ4n) is 4.24. The molecule has 3 aliphatic rings. The molecular weight excluding hydrogens is 404 g/mol. The maximum absolute atomic E-state index is 6.21. The minimum atomic E-state index is 0.533. The summed E-state index contributed by atoms with van der Waals surface area (Å²) in [5, 5.41) is 3.79. The van der Waals surface area contributed by atoms with E-state index in [-0.39, 0.29) is 0 Å². The Bertz CT molecular complexity index is 760. The summed E-state index contributed by atoms with van der Waals surface area (Å²) < 4.78 is 12.8. The molecule has 144 valence electrons. The van der Waals surface area contributed by atoms with E-state index < -0.39 is 0 Å². The Hall–Kier alpha value is -1.56. The molecule has 27 heavy (non-hydrogen) atoms. The number of benzene rings is 2. The molecule has 5 rings (SSSR count). The molecule has 2 bridgehead atoms. The van der Waals surface area contributed by atoms with Gasteiger partial charge in [0.05, 0.1) is 7.11 Å². The first-order chi connectivity index (χ1) is 13.2. The number of fused-ring (bicyclic) bond motifs is 3. The molecule has 3 heterocycles. The van der Waals surface area contributed by atoms with Crippen molar-refractivity contribution < 1.29 is 9.47 Å². The van der Waals surface area contributed by atoms with Crippen LogP contribution in [0.15, 0.2) is 46.9 Å². The molecule has 3 fully saturated rings. The highest BCUT2D eigenvalue weighted by Crippen LogP contribution is 2.36. The number of rotatable bonds is 7. The second-order valence-electron chi connectivity index (χ2n) is 7.50. The highest BCUT2D eigenvalue weighted by atomic mass is 79.9. The molecule has 1 unspecified atom stereocenters. The van der Waals surface area contributed by atoms with Gasteiger partial charge in [-0.05, 0) is 49.5 Å². The van der Waals surface area contributed by atoms with E-state index >= 15 is 0 Å². The van der Waals surface area contributed by atoms with Gasteiger partial charge in [0, 0.05) is 29.2 Å². The SMILES string of the molecule is COc1cc(Br)cc(CNC2CN3CCC2CC3)c1OCc1ccccc1. The number of halogens is 1. The van der Waals surface area contributed by atoms with Crippen molar-refractivity contribution in [2.24, 2.45) is 5.92 Å². The first-order valence-electron chi connectivity index (χ1n) is 9.72. The highest BCUT2D eigenvalue weighted by Gasteiger charge is 2.33. The molecule has 4 nitrogen and oxygen atoms in total. The first-order valence-corrected chi connectivity index (χ1v) is 10.5. The summed E-state index contributed by atoms with van der Waals surface area (Å²) in [4.78, 5) is 2.58. The van der Waals surface area contributed by atoms with Crippen LogP contribution in [0, 0.1) is 5.92 Å². The van der Waals surface area contributed by atoms with Crippen molar-refractivity contribution in [1.82, 2.24) is 10.2 Å². The van der Waals surface area contributed by atoms with Gasteiger partial charge in [-0.3, -0.25) is 0 Å². The molecule has 0 aromatic heterocycles. The lowest BCUT2D eigenvalue weighted by Crippen LogP contribution is -2.55. The van der Waals surface area contributed by atoms with E-state index in [0.29, 0.717) is 12.6 Å². The smallest absolute Gasteiger partial charge is 0.166 e. The van der Waals surface area contributed by atoms with Crippen molar-refractivity contribution in [2.75, 3.05) is 26.7 Å². The summed E-state index contributed by atoms with van der Waals surface area (Å²) in [5.41, 5.74) is 2.28. The lowest BCUT2D eigenvalue weighted by molar-refractivity contribution is 0.0718. The van der Waals surface area contributed by atoms with Crippen LogP contribution >= 0.6 is 15.9 Å². The fraction of sp³-hybridized carbons (Fsp3) is 0.455. The van der Waals surface area contributed by atoms with Crippen molar-refractivity contribution in [3.05, 3.63) is 58.1 Å². The van der Waals surface area contributed by atoms with E-state index in [1.54, 1.807) is 7.11 Å². The van der Waals surface area contributed by atoms with Crippen molar-refractivity contribution in [2.45, 2.75) is 32.0 Å². The Morgan fingerprint density at radius 3 is 2.59 bits per heavy atom. The average molecular weight is 431 g/mol. The number of ether oxygens (including phenoxy) is 2. The van der Waals surface area contributed by atoms with Gasteiger partial charge in [-0.15, -0.1) is 0 Å². The standard InChI is InChI=1S/C22H27BrN2O2/c1-26-21-12-19(23)11-18(22(21)27-15-16-5-3-2-4-6-16)13-24-20-14-25-9-7-17(20)8-10-25/h2-6,11-12,17,20,24H,7-10,13-15H2,1H3. The summed E-state index contributed by atoms with van der Waals surface area (Å²) in [6.45, 7) is 5.01. The van der Waals surface area contributed by atoms with Crippen LogP contribution in [0.4, 0.5) is 0 Å². The van der Waals surface area contributed by atoms with Crippen LogP contribution in [0.3, 0.4) is 0 Å². The number of nitrogens with one attached hydrogen (secondary N) is 1. The topological polar surface area (TPSA) is 33.7 Å². The molecule has 0 spiro atoms. The van der Waals surface area contributed by atoms with Gasteiger partial charge < -0.3 is 19.7 Å². The van der Waals surface area contributed by atoms with Crippen LogP contribution in [0.25, 0.3) is 0 Å². The minimum absolute atomic E-state index is 0.533. The quantitative estimate of drug-likeness (QED) is 0.712. The van der Waals surface area contributed by atoms with Gasteiger partial charge in [-0.1, -0.05) is 46.3 Å². The summed E-state index contributed by atoms with van der Waals surface area (Å²) in [7, 11) is 1.70. The molecule has 2 aromatic carbocycles. The maximum atomic E-state index is 6.21. The second-order valence-corrected chi connectivity index (χ2v) is 8.41. The van der Waals surface area contributed by atoms with Gasteiger partial charge in [0.15, 0.2) is 11.5 Å². The number of nitrogens with zero attached hydrogens (tertiary/aromatic N) is 1. The monoisotopic (exact) mass is 430 g/mol. The zero-order chi connectivity index (χ0) is 18.6. The molecule has 0 aliphatic carbocycles. The molecule has 3 aliphatic heterocycles. The summed E-state index contributed by atoms with van der Waals surface area (Å²) in [5.74, 6) is 2.40. The van der Waals surface area contributed by atoms with Gasteiger partial charge in [0.1, 0.15) is 6.61 Å². The molecule has 2 aromatic rings. The van der Waals surface area contributed by atoms with Crippen LogP contribution in [0.2, 0.25) is 0 Å². The van der Waals surface area contributed by atoms with Crippen molar-refractivity contribution in [3.8, 4) is 11.5 Å². The minimum Gasteiger partial charge on any atom is -0.493 e. The number of hydrogen-bond acceptors (Lipinski definition) is 4. The third-order valence-electron chi connectivity index (χ3n) is 5.75. The number of hydrogen-bond donors (Lipinski definition) is 1. The van der Waals surface area contributed by atoms with Gasteiger partial charge in [-0.25, -0.2) is 0 Å². The predicted molar refractivity (Wildman–Crippen MR) is 111 cm³/mol. The van der Waals surface area contributed by atoms with Gasteiger partial charge in [0.2, 0.25) is 0 Å². The summed E-state index contributed by atoms with van der Waals surface area (Å²) >= 11 is 3.61. The molecule has 0 saturated carbocycles. The summed E-state index contributed by atoms with van der Waals surface area (Å²) in [6, 6.07) is 14.9. The summed E-state index contributed by atoms with van der Waals surface area (Å²) in [6.07, 6.45) is 2.63. The highest BCUT2D eigenvalue weighted by molar-refractivity contribution is 9.10. The zero-order valence-corrected chi connectivity index (χ0v) is 17.4. The Morgan fingerprint density at radius 2 is 1.93 bits per heavy atom. The normalized spacial score (nSPS) is 24.0. The molecule has 5 heteroatoms. The third-order valence-corrected chi connectivity index (χ3v) is 6.21. The molecular formula is C22H27BrN2O2. The first kappa shape index (κ1) is 18.8. The van der Waals surface area contributed by atoms with Gasteiger partial charge in [-0.2, -0.15) is 0 Å². The Labute approximate surface area is 170 Å². The van der Waals surface area contributed by atoms with Crippen LogP contribution in [0.5, 0.6) is 11.5 Å². The average Bonchev–Trinajstić information content (AvgIpc) is 2.72. The van der Waals surface area contributed by atoms with E-state index in [9.17, 15) is 0 Å². The molecule has 3 saturated heterocycles. The van der Waals surface area contributed by atoms with E-state index in [1.165, 1.54) is 25.9 Å². The fourth-order valence-corrected chi connectivity index (χ4v) is 4.72. The van der Waals surface area contributed by atoms with E-state index in [1.807, 2.05) is 24.3 Å². The van der Waals surface area contributed by atoms with Crippen molar-refractivity contribution in [1.29, 1.82) is 0 Å². The van der Waals surface area contributed by atoms with Crippen LogP contribution in [0.1, 0.15) is 24.0 Å². The van der Waals surface area contributed by atoms with Crippen molar-refractivity contribution in [3.63, 3.8) is 0 Å². The largest absolute Gasteiger partial charge is 0.493 e. The third kappa shape index (κ3) is 4.48. The molecule has 0 radical (unpaired) electrons. The molecule has 1 N–H and O–H groups in total. The lowest BCUT2D eigenvalue weighted by atomic mass is 9.84. The molecule has 0 amide bonds. The zero-order valence-electron chi connectivity index (χ0n) is 15.8. The van der Waals surface area contributed by atoms with E-state index in [4.69, 9.17) is 9.47 Å². The van der Waals surface area contributed by atoms with E-state index in [0.717, 1.165) is 46.1 Å². The maximum Gasteiger partial charge on any atom is 0.166 e. The van der Waals surface area contributed by atoms with Gasteiger partial charge >= 0.3 is 0 Å².